The van der Waals surface area contributed by atoms with Gasteiger partial charge in [-0.3, -0.25) is 4.79 Å². The molecule has 7 N–H and O–H groups in total. The van der Waals surface area contributed by atoms with E-state index in [2.05, 4.69) is 35.9 Å². The molecule has 0 bridgehead atoms. The zero-order chi connectivity index (χ0) is 22.9. The van der Waals surface area contributed by atoms with Crippen LogP contribution < -0.4 is 22.1 Å². The average molecular weight is 450 g/mol. The fraction of sp³-hybridized carbons (Fsp3) is 0.286. The number of primary amides is 1. The molecule has 1 aliphatic carbocycles. The molecule has 0 aromatic carbocycles. The zero-order valence-corrected chi connectivity index (χ0v) is 17.6. The van der Waals surface area contributed by atoms with Crippen LogP contribution in [-0.4, -0.2) is 47.9 Å². The molecule has 1 aliphatic rings. The van der Waals surface area contributed by atoms with Crippen molar-refractivity contribution in [1.82, 2.24) is 29.9 Å². The number of carbonyl (C=O) groups excluding carboxylic acids is 1. The van der Waals surface area contributed by atoms with Crippen molar-refractivity contribution in [3.8, 4) is 5.82 Å². The minimum Gasteiger partial charge on any atom is -0.365 e. The highest BCUT2D eigenvalue weighted by Crippen LogP contribution is 2.30. The Bertz CT molecular complexity index is 1300. The van der Waals surface area contributed by atoms with Crippen LogP contribution in [0.4, 0.5) is 21.7 Å². The monoisotopic (exact) mass is 450 g/mol. The second kappa shape index (κ2) is 8.47. The lowest BCUT2D eigenvalue weighted by Gasteiger charge is -2.30. The number of aromatic amines is 1. The predicted molar refractivity (Wildman–Crippen MR) is 121 cm³/mol. The summed E-state index contributed by atoms with van der Waals surface area (Å²) in [7, 11) is 0. The quantitative estimate of drug-likeness (QED) is 0.298. The summed E-state index contributed by atoms with van der Waals surface area (Å²) in [6.07, 6.45) is 8.65. The Morgan fingerprint density at radius 3 is 2.82 bits per heavy atom. The number of amides is 1. The molecule has 4 aromatic rings. The topological polar surface area (TPSA) is 165 Å². The first-order valence-electron chi connectivity index (χ1n) is 10.6. The summed E-state index contributed by atoms with van der Waals surface area (Å²) >= 11 is 0. The summed E-state index contributed by atoms with van der Waals surface area (Å²) in [5.74, 6) is -0.855. The fourth-order valence-electron chi connectivity index (χ4n) is 4.09. The normalized spacial score (nSPS) is 18.4. The summed E-state index contributed by atoms with van der Waals surface area (Å²) in [6.45, 7) is 0. The van der Waals surface area contributed by atoms with Crippen molar-refractivity contribution in [3.05, 3.63) is 48.2 Å². The molecule has 12 heteroatoms. The van der Waals surface area contributed by atoms with E-state index in [1.807, 2.05) is 6.07 Å². The molecule has 4 aromatic heterocycles. The van der Waals surface area contributed by atoms with Gasteiger partial charge in [-0.05, 0) is 25.0 Å². The highest BCUT2D eigenvalue weighted by Gasteiger charge is 2.25. The van der Waals surface area contributed by atoms with Gasteiger partial charge in [0.2, 0.25) is 0 Å². The van der Waals surface area contributed by atoms with Crippen molar-refractivity contribution in [1.29, 1.82) is 0 Å². The molecule has 1 fully saturated rings. The second-order valence-electron chi connectivity index (χ2n) is 8.02. The summed E-state index contributed by atoms with van der Waals surface area (Å²) in [5.41, 5.74) is 12.8. The minimum atomic E-state index is -0.805. The number of H-pyrrole nitrogens is 1. The SMILES string of the molecule is NC(=O)c1cc(F)c(NC2CCCCC2N)nc1Nc1cc(-n2ccnn2)nc2[nH]ccc12. The number of hydrogen-bond acceptors (Lipinski definition) is 8. The number of carbonyl (C=O) groups is 1. The van der Waals surface area contributed by atoms with Crippen molar-refractivity contribution >= 4 is 34.3 Å². The standard InChI is InChI=1S/C21H23FN10O/c22-13-9-12(18(24)33)20(30-21(13)27-15-4-2-1-3-14(15)23)28-16-10-17(32-8-7-26-31-32)29-19-11(16)5-6-25-19/h5-10,14-15H,1-4,23H2,(H2,24,33)(H3,25,27,28,29,30). The van der Waals surface area contributed by atoms with Crippen molar-refractivity contribution in [2.24, 2.45) is 11.5 Å². The first-order chi connectivity index (χ1) is 16.0. The zero-order valence-electron chi connectivity index (χ0n) is 17.6. The van der Waals surface area contributed by atoms with Crippen LogP contribution in [0.3, 0.4) is 0 Å². The number of nitrogens with zero attached hydrogens (tertiary/aromatic N) is 5. The summed E-state index contributed by atoms with van der Waals surface area (Å²) < 4.78 is 16.3. The minimum absolute atomic E-state index is 0.0146. The Hall–Kier alpha value is -4.06. The van der Waals surface area contributed by atoms with E-state index in [9.17, 15) is 9.18 Å². The first-order valence-corrected chi connectivity index (χ1v) is 10.6. The molecule has 0 spiro atoms. The lowest BCUT2D eigenvalue weighted by Crippen LogP contribution is -2.43. The van der Waals surface area contributed by atoms with Crippen LogP contribution in [-0.2, 0) is 0 Å². The van der Waals surface area contributed by atoms with Gasteiger partial charge in [0.25, 0.3) is 5.91 Å². The number of aromatic nitrogens is 6. The second-order valence-corrected chi connectivity index (χ2v) is 8.02. The van der Waals surface area contributed by atoms with Gasteiger partial charge >= 0.3 is 0 Å². The van der Waals surface area contributed by atoms with Crippen molar-refractivity contribution in [2.45, 2.75) is 37.8 Å². The van der Waals surface area contributed by atoms with E-state index in [0.29, 0.717) is 17.2 Å². The van der Waals surface area contributed by atoms with Gasteiger partial charge in [-0.15, -0.1) is 5.10 Å². The van der Waals surface area contributed by atoms with Gasteiger partial charge in [0, 0.05) is 29.7 Å². The van der Waals surface area contributed by atoms with Gasteiger partial charge in [-0.2, -0.15) is 0 Å². The Morgan fingerprint density at radius 1 is 1.21 bits per heavy atom. The van der Waals surface area contributed by atoms with E-state index >= 15 is 0 Å². The highest BCUT2D eigenvalue weighted by atomic mass is 19.1. The molecular weight excluding hydrogens is 427 g/mol. The maximum Gasteiger partial charge on any atom is 0.252 e. The largest absolute Gasteiger partial charge is 0.365 e. The maximum absolute atomic E-state index is 14.8. The molecule has 4 heterocycles. The van der Waals surface area contributed by atoms with Crippen LogP contribution in [0.2, 0.25) is 0 Å². The summed E-state index contributed by atoms with van der Waals surface area (Å²) in [5, 5.41) is 14.8. The Kier molecular flexibility index (Phi) is 5.34. The van der Waals surface area contributed by atoms with E-state index in [1.54, 1.807) is 18.5 Å². The predicted octanol–water partition coefficient (Wildman–Crippen LogP) is 2.20. The number of hydrogen-bond donors (Lipinski definition) is 5. The van der Waals surface area contributed by atoms with Crippen LogP contribution in [0, 0.1) is 5.82 Å². The Labute approximate surface area is 187 Å². The lowest BCUT2D eigenvalue weighted by atomic mass is 9.91. The Balaban J connectivity index is 1.55. The van der Waals surface area contributed by atoms with E-state index in [4.69, 9.17) is 11.5 Å². The molecule has 5 rings (SSSR count). The molecule has 0 radical (unpaired) electrons. The molecular formula is C21H23FN10O. The lowest BCUT2D eigenvalue weighted by molar-refractivity contribution is 0.100. The number of pyridine rings is 2. The number of fused-ring (bicyclic) bond motifs is 1. The van der Waals surface area contributed by atoms with Gasteiger partial charge in [-0.25, -0.2) is 19.0 Å². The number of nitrogens with one attached hydrogen (secondary N) is 3. The van der Waals surface area contributed by atoms with Crippen LogP contribution in [0.15, 0.2) is 36.8 Å². The van der Waals surface area contributed by atoms with Crippen LogP contribution in [0.1, 0.15) is 36.0 Å². The summed E-state index contributed by atoms with van der Waals surface area (Å²) in [6, 6.07) is 4.43. The van der Waals surface area contributed by atoms with Gasteiger partial charge in [0.1, 0.15) is 11.5 Å². The van der Waals surface area contributed by atoms with Gasteiger partial charge in [0.15, 0.2) is 17.5 Å². The highest BCUT2D eigenvalue weighted by molar-refractivity contribution is 6.00. The third-order valence-electron chi connectivity index (χ3n) is 5.81. The van der Waals surface area contributed by atoms with Crippen molar-refractivity contribution in [3.63, 3.8) is 0 Å². The number of rotatable bonds is 6. The molecule has 1 amide bonds. The van der Waals surface area contributed by atoms with E-state index in [0.717, 1.165) is 37.1 Å². The van der Waals surface area contributed by atoms with Gasteiger partial charge in [-0.1, -0.05) is 18.1 Å². The molecule has 0 aliphatic heterocycles. The Morgan fingerprint density at radius 2 is 2.06 bits per heavy atom. The van der Waals surface area contributed by atoms with E-state index < -0.39 is 11.7 Å². The third-order valence-corrected chi connectivity index (χ3v) is 5.81. The molecule has 2 atom stereocenters. The number of halogens is 1. The van der Waals surface area contributed by atoms with Crippen LogP contribution >= 0.6 is 0 Å². The van der Waals surface area contributed by atoms with Gasteiger partial charge < -0.3 is 27.1 Å². The van der Waals surface area contributed by atoms with Crippen LogP contribution in [0.25, 0.3) is 16.9 Å². The number of anilines is 3. The molecule has 0 saturated heterocycles. The van der Waals surface area contributed by atoms with E-state index in [-0.39, 0.29) is 29.3 Å². The molecule has 1 saturated carbocycles. The molecule has 33 heavy (non-hydrogen) atoms. The third kappa shape index (κ3) is 4.07. The molecule has 11 nitrogen and oxygen atoms in total. The fourth-order valence-corrected chi connectivity index (χ4v) is 4.09. The van der Waals surface area contributed by atoms with Crippen LogP contribution in [0.5, 0.6) is 0 Å². The molecule has 170 valence electrons. The number of nitrogens with two attached hydrogens (primary N) is 2. The maximum atomic E-state index is 14.8. The summed E-state index contributed by atoms with van der Waals surface area (Å²) in [4.78, 5) is 24.0. The van der Waals surface area contributed by atoms with Crippen molar-refractivity contribution < 1.29 is 9.18 Å². The first kappa shape index (κ1) is 20.8. The van der Waals surface area contributed by atoms with E-state index in [1.165, 1.54) is 10.9 Å². The van der Waals surface area contributed by atoms with Gasteiger partial charge in [0.05, 0.1) is 23.6 Å². The molecule has 2 unspecified atom stereocenters. The smallest absolute Gasteiger partial charge is 0.252 e. The van der Waals surface area contributed by atoms with Crippen molar-refractivity contribution in [2.75, 3.05) is 10.6 Å². The average Bonchev–Trinajstić information content (AvgIpc) is 3.49.